The SMILES string of the molecule is Cc1cc(-c2n[nH]c3c2CN(C(=O)N[C@H]2CC[C@H]4CC[C@@H]2N4Cc2c(F)cccc2F)CC3)ccn1. The Morgan fingerprint density at radius 3 is 2.78 bits per heavy atom. The van der Waals surface area contributed by atoms with Gasteiger partial charge in [-0.05, 0) is 56.9 Å². The number of piperidine rings is 1. The summed E-state index contributed by atoms with van der Waals surface area (Å²) in [6.07, 6.45) is 6.19. The van der Waals surface area contributed by atoms with Crippen LogP contribution >= 0.6 is 0 Å². The van der Waals surface area contributed by atoms with E-state index in [4.69, 9.17) is 0 Å². The summed E-state index contributed by atoms with van der Waals surface area (Å²) >= 11 is 0. The number of carbonyl (C=O) groups excluding carboxylic acids is 1. The average Bonchev–Trinajstić information content (AvgIpc) is 3.41. The van der Waals surface area contributed by atoms with Crippen LogP contribution < -0.4 is 5.32 Å². The fourth-order valence-electron chi connectivity index (χ4n) is 6.20. The summed E-state index contributed by atoms with van der Waals surface area (Å²) in [5.41, 5.74) is 5.00. The van der Waals surface area contributed by atoms with Gasteiger partial charge in [0, 0.05) is 71.9 Å². The maximum absolute atomic E-state index is 14.3. The van der Waals surface area contributed by atoms with Crippen LogP contribution in [0.4, 0.5) is 13.6 Å². The van der Waals surface area contributed by atoms with Crippen LogP contribution in [0.25, 0.3) is 11.3 Å². The molecule has 2 fully saturated rings. The van der Waals surface area contributed by atoms with Crippen LogP contribution in [0.5, 0.6) is 0 Å². The number of nitrogens with one attached hydrogen (secondary N) is 2. The first kappa shape index (κ1) is 23.1. The summed E-state index contributed by atoms with van der Waals surface area (Å²) in [5.74, 6) is -1.02. The van der Waals surface area contributed by atoms with E-state index in [1.54, 1.807) is 6.20 Å². The van der Waals surface area contributed by atoms with Crippen molar-refractivity contribution in [2.45, 2.75) is 70.2 Å². The zero-order valence-corrected chi connectivity index (χ0v) is 20.3. The lowest BCUT2D eigenvalue weighted by molar-refractivity contribution is 0.0962. The van der Waals surface area contributed by atoms with Crippen molar-refractivity contribution in [2.24, 2.45) is 0 Å². The molecule has 2 amide bonds. The standard InChI is InChI=1S/C27H30F2N6O/c1-16-13-17(9-11-30-16)26-20-14-34(12-10-23(20)32-33-26)27(36)31-24-7-5-18-6-8-25(24)35(18)15-19-21(28)3-2-4-22(19)29/h2-4,9,11,13,18,24-25H,5-8,10,12,14-15H2,1H3,(H,31,36)(H,32,33)/t18-,24-,25-/m0/s1. The lowest BCUT2D eigenvalue weighted by atomic mass is 9.96. The number of amides is 2. The number of pyridine rings is 1. The van der Waals surface area contributed by atoms with E-state index in [0.717, 1.165) is 53.9 Å². The lowest BCUT2D eigenvalue weighted by Gasteiger charge is -2.41. The minimum atomic E-state index is -0.509. The molecule has 0 aliphatic carbocycles. The summed E-state index contributed by atoms with van der Waals surface area (Å²) in [7, 11) is 0. The van der Waals surface area contributed by atoms with Crippen molar-refractivity contribution >= 4 is 6.03 Å². The Morgan fingerprint density at radius 2 is 1.97 bits per heavy atom. The number of hydrogen-bond donors (Lipinski definition) is 2. The summed E-state index contributed by atoms with van der Waals surface area (Å²) in [5, 5.41) is 11.0. The van der Waals surface area contributed by atoms with E-state index < -0.39 is 11.6 Å². The smallest absolute Gasteiger partial charge is 0.317 e. The van der Waals surface area contributed by atoms with Gasteiger partial charge in [0.15, 0.2) is 0 Å². The van der Waals surface area contributed by atoms with E-state index in [9.17, 15) is 13.6 Å². The molecule has 7 nitrogen and oxygen atoms in total. The van der Waals surface area contributed by atoms with Gasteiger partial charge in [-0.25, -0.2) is 13.6 Å². The number of fused-ring (bicyclic) bond motifs is 3. The molecule has 3 aliphatic rings. The first-order valence-electron chi connectivity index (χ1n) is 12.7. The normalized spacial score (nSPS) is 23.5. The second kappa shape index (κ2) is 9.28. The van der Waals surface area contributed by atoms with Gasteiger partial charge in [0.05, 0.1) is 12.2 Å². The van der Waals surface area contributed by atoms with Crippen molar-refractivity contribution in [3.63, 3.8) is 0 Å². The summed E-state index contributed by atoms with van der Waals surface area (Å²) < 4.78 is 28.7. The Kier molecular flexibility index (Phi) is 5.95. The van der Waals surface area contributed by atoms with Gasteiger partial charge in [-0.3, -0.25) is 15.0 Å². The highest BCUT2D eigenvalue weighted by atomic mass is 19.1. The van der Waals surface area contributed by atoms with Gasteiger partial charge >= 0.3 is 6.03 Å². The number of urea groups is 1. The zero-order chi connectivity index (χ0) is 24.8. The quantitative estimate of drug-likeness (QED) is 0.569. The molecular formula is C27H30F2N6O. The molecule has 3 aliphatic heterocycles. The number of aryl methyl sites for hydroxylation is 1. The Hall–Kier alpha value is -3.33. The predicted molar refractivity (Wildman–Crippen MR) is 131 cm³/mol. The largest absolute Gasteiger partial charge is 0.334 e. The van der Waals surface area contributed by atoms with Gasteiger partial charge in [-0.1, -0.05) is 6.07 Å². The summed E-state index contributed by atoms with van der Waals surface area (Å²) in [4.78, 5) is 21.7. The second-order valence-corrected chi connectivity index (χ2v) is 10.2. The van der Waals surface area contributed by atoms with Gasteiger partial charge in [0.1, 0.15) is 11.6 Å². The number of hydrogen-bond acceptors (Lipinski definition) is 4. The maximum Gasteiger partial charge on any atom is 0.317 e. The Morgan fingerprint density at radius 1 is 1.17 bits per heavy atom. The maximum atomic E-state index is 14.3. The van der Waals surface area contributed by atoms with E-state index in [2.05, 4.69) is 25.4 Å². The molecule has 2 N–H and O–H groups in total. The van der Waals surface area contributed by atoms with Crippen LogP contribution in [-0.4, -0.2) is 55.7 Å². The van der Waals surface area contributed by atoms with Gasteiger partial charge in [0.2, 0.25) is 0 Å². The van der Waals surface area contributed by atoms with Crippen LogP contribution in [0.1, 0.15) is 48.2 Å². The van der Waals surface area contributed by atoms with Crippen molar-refractivity contribution in [2.75, 3.05) is 6.54 Å². The van der Waals surface area contributed by atoms with Crippen LogP contribution in [0, 0.1) is 18.6 Å². The monoisotopic (exact) mass is 492 g/mol. The molecule has 5 heterocycles. The molecule has 188 valence electrons. The predicted octanol–water partition coefficient (Wildman–Crippen LogP) is 4.32. The number of H-pyrrole nitrogens is 1. The molecule has 3 aromatic rings. The molecule has 3 atom stereocenters. The number of aromatic nitrogens is 3. The zero-order valence-electron chi connectivity index (χ0n) is 20.3. The fourth-order valence-corrected chi connectivity index (χ4v) is 6.20. The molecule has 2 aromatic heterocycles. The Bertz CT molecular complexity index is 1270. The molecule has 0 saturated carbocycles. The minimum absolute atomic E-state index is 0.0425. The van der Waals surface area contributed by atoms with Crippen LogP contribution in [0.3, 0.4) is 0 Å². The third-order valence-electron chi connectivity index (χ3n) is 8.07. The first-order valence-corrected chi connectivity index (χ1v) is 12.7. The second-order valence-electron chi connectivity index (χ2n) is 10.2. The third-order valence-corrected chi connectivity index (χ3v) is 8.07. The number of carbonyl (C=O) groups is 1. The highest BCUT2D eigenvalue weighted by Crippen LogP contribution is 2.38. The van der Waals surface area contributed by atoms with Crippen molar-refractivity contribution in [3.05, 3.63) is 70.7 Å². The molecule has 36 heavy (non-hydrogen) atoms. The van der Waals surface area contributed by atoms with Crippen molar-refractivity contribution in [3.8, 4) is 11.3 Å². The topological polar surface area (TPSA) is 77.2 Å². The number of halogens is 2. The van der Waals surface area contributed by atoms with Gasteiger partial charge in [0.25, 0.3) is 0 Å². The molecule has 9 heteroatoms. The van der Waals surface area contributed by atoms with Crippen LogP contribution in [0.15, 0.2) is 36.5 Å². The molecule has 6 rings (SSSR count). The molecule has 0 unspecified atom stereocenters. The number of rotatable bonds is 4. The number of benzene rings is 1. The van der Waals surface area contributed by atoms with Gasteiger partial charge in [-0.15, -0.1) is 0 Å². The summed E-state index contributed by atoms with van der Waals surface area (Å²) in [6, 6.07) is 8.21. The van der Waals surface area contributed by atoms with Gasteiger partial charge < -0.3 is 10.2 Å². The van der Waals surface area contributed by atoms with E-state index in [0.29, 0.717) is 25.6 Å². The number of aromatic amines is 1. The lowest BCUT2D eigenvalue weighted by Crippen LogP contribution is -2.56. The highest BCUT2D eigenvalue weighted by molar-refractivity contribution is 5.76. The fraction of sp³-hybridized carbons (Fsp3) is 0.444. The minimum Gasteiger partial charge on any atom is -0.334 e. The van der Waals surface area contributed by atoms with Crippen LogP contribution in [0.2, 0.25) is 0 Å². The van der Waals surface area contributed by atoms with Crippen molar-refractivity contribution < 1.29 is 13.6 Å². The van der Waals surface area contributed by atoms with Crippen molar-refractivity contribution in [1.29, 1.82) is 0 Å². The molecule has 1 aromatic carbocycles. The molecule has 0 radical (unpaired) electrons. The molecule has 2 bridgehead atoms. The molecule has 0 spiro atoms. The Balaban J connectivity index is 1.16. The first-order chi connectivity index (χ1) is 17.5. The summed E-state index contributed by atoms with van der Waals surface area (Å²) in [6.45, 7) is 3.28. The van der Waals surface area contributed by atoms with E-state index in [1.165, 1.54) is 18.2 Å². The van der Waals surface area contributed by atoms with E-state index in [1.807, 2.05) is 24.0 Å². The van der Waals surface area contributed by atoms with E-state index in [-0.39, 0.29) is 30.2 Å². The third kappa shape index (κ3) is 4.15. The highest BCUT2D eigenvalue weighted by Gasteiger charge is 2.43. The van der Waals surface area contributed by atoms with Gasteiger partial charge in [-0.2, -0.15) is 5.10 Å². The Labute approximate surface area is 208 Å². The van der Waals surface area contributed by atoms with Crippen LogP contribution in [-0.2, 0) is 19.5 Å². The number of nitrogens with zero attached hydrogens (tertiary/aromatic N) is 4. The molecular weight excluding hydrogens is 462 g/mol. The average molecular weight is 493 g/mol. The molecule has 2 saturated heterocycles. The van der Waals surface area contributed by atoms with Crippen molar-refractivity contribution in [1.82, 2.24) is 30.3 Å². The van der Waals surface area contributed by atoms with E-state index >= 15 is 0 Å².